The summed E-state index contributed by atoms with van der Waals surface area (Å²) >= 11 is 0. The Morgan fingerprint density at radius 3 is 2.43 bits per heavy atom. The van der Waals surface area contributed by atoms with Crippen LogP contribution in [0, 0.1) is 6.92 Å². The van der Waals surface area contributed by atoms with Crippen LogP contribution in [-0.4, -0.2) is 23.8 Å². The van der Waals surface area contributed by atoms with Gasteiger partial charge in [-0.3, -0.25) is 4.79 Å². The number of nitrogens with zero attached hydrogens (tertiary/aromatic N) is 2. The van der Waals surface area contributed by atoms with Crippen molar-refractivity contribution in [3.05, 3.63) is 59.9 Å². The van der Waals surface area contributed by atoms with Crippen molar-refractivity contribution in [1.82, 2.24) is 9.55 Å². The van der Waals surface area contributed by atoms with Crippen molar-refractivity contribution in [2.24, 2.45) is 5.14 Å². The van der Waals surface area contributed by atoms with E-state index >= 15 is 0 Å². The highest BCUT2D eigenvalue weighted by molar-refractivity contribution is 7.89. The summed E-state index contributed by atoms with van der Waals surface area (Å²) in [6.45, 7) is 1.98. The van der Waals surface area contributed by atoms with E-state index in [1.54, 1.807) is 0 Å². The Labute approximate surface area is 133 Å². The van der Waals surface area contributed by atoms with Gasteiger partial charge in [0.25, 0.3) is 0 Å². The smallest absolute Gasteiger partial charge is 0.238 e. The van der Waals surface area contributed by atoms with Gasteiger partial charge in [-0.2, -0.15) is 0 Å². The van der Waals surface area contributed by atoms with E-state index in [1.165, 1.54) is 24.3 Å². The number of rotatable bonds is 4. The standard InChI is InChI=1S/C16H15N3O3S/c1-11-18-14-4-2-3-5-15(14)19(11)10-16(20)12-6-8-13(9-7-12)23(17,21)22/h2-9H,10H2,1H3,(H2,17,21,22). The number of sulfonamides is 1. The van der Waals surface area contributed by atoms with Crippen LogP contribution in [0.25, 0.3) is 11.0 Å². The van der Waals surface area contributed by atoms with Crippen LogP contribution >= 0.6 is 0 Å². The Balaban J connectivity index is 1.90. The van der Waals surface area contributed by atoms with Crippen LogP contribution in [0.3, 0.4) is 0 Å². The lowest BCUT2D eigenvalue weighted by Crippen LogP contribution is -2.14. The van der Waals surface area contributed by atoms with Crippen molar-refractivity contribution in [2.45, 2.75) is 18.4 Å². The molecule has 0 radical (unpaired) electrons. The average Bonchev–Trinajstić information content (AvgIpc) is 2.82. The molecule has 0 unspecified atom stereocenters. The minimum absolute atomic E-state index is 0.0155. The molecule has 2 aromatic carbocycles. The van der Waals surface area contributed by atoms with Gasteiger partial charge in [0, 0.05) is 5.56 Å². The van der Waals surface area contributed by atoms with Gasteiger partial charge < -0.3 is 4.57 Å². The minimum Gasteiger partial charge on any atom is -0.320 e. The van der Waals surface area contributed by atoms with Crippen molar-refractivity contribution in [3.8, 4) is 0 Å². The lowest BCUT2D eigenvalue weighted by molar-refractivity contribution is 0.0972. The van der Waals surface area contributed by atoms with Gasteiger partial charge in [-0.1, -0.05) is 12.1 Å². The Morgan fingerprint density at radius 1 is 1.13 bits per heavy atom. The Morgan fingerprint density at radius 2 is 1.78 bits per heavy atom. The third-order valence-electron chi connectivity index (χ3n) is 3.65. The third-order valence-corrected chi connectivity index (χ3v) is 4.58. The fraction of sp³-hybridized carbons (Fsp3) is 0.125. The van der Waals surface area contributed by atoms with Crippen LogP contribution < -0.4 is 5.14 Å². The van der Waals surface area contributed by atoms with Crippen molar-refractivity contribution >= 4 is 26.8 Å². The van der Waals surface area contributed by atoms with Gasteiger partial charge in [0.15, 0.2) is 5.78 Å². The number of ketones is 1. The van der Waals surface area contributed by atoms with Crippen molar-refractivity contribution in [3.63, 3.8) is 0 Å². The zero-order chi connectivity index (χ0) is 16.6. The zero-order valence-corrected chi connectivity index (χ0v) is 13.2. The number of primary sulfonamides is 1. The number of para-hydroxylation sites is 2. The first-order valence-electron chi connectivity index (χ1n) is 6.94. The van der Waals surface area contributed by atoms with E-state index in [4.69, 9.17) is 5.14 Å². The summed E-state index contributed by atoms with van der Waals surface area (Å²) in [5.74, 6) is 0.623. The van der Waals surface area contributed by atoms with Gasteiger partial charge >= 0.3 is 0 Å². The molecule has 7 heteroatoms. The first-order chi connectivity index (χ1) is 10.9. The number of carbonyl (C=O) groups is 1. The van der Waals surface area contributed by atoms with Gasteiger partial charge in [-0.15, -0.1) is 0 Å². The molecule has 1 heterocycles. The molecule has 0 aliphatic carbocycles. The first kappa shape index (κ1) is 15.4. The molecule has 118 valence electrons. The van der Waals surface area contributed by atoms with Crippen molar-refractivity contribution in [2.75, 3.05) is 0 Å². The van der Waals surface area contributed by atoms with Crippen LogP contribution in [0.1, 0.15) is 16.2 Å². The number of Topliss-reactive ketones (excluding diaryl/α,β-unsaturated/α-hetero) is 1. The molecule has 0 fully saturated rings. The summed E-state index contributed by atoms with van der Waals surface area (Å²) < 4.78 is 24.3. The fourth-order valence-corrected chi connectivity index (χ4v) is 2.98. The fourth-order valence-electron chi connectivity index (χ4n) is 2.46. The number of hydrogen-bond acceptors (Lipinski definition) is 4. The topological polar surface area (TPSA) is 95.0 Å². The van der Waals surface area contributed by atoms with E-state index < -0.39 is 10.0 Å². The van der Waals surface area contributed by atoms with E-state index in [1.807, 2.05) is 35.8 Å². The summed E-state index contributed by atoms with van der Waals surface area (Å²) in [5, 5.41) is 5.05. The van der Waals surface area contributed by atoms with Crippen LogP contribution in [0.5, 0.6) is 0 Å². The maximum Gasteiger partial charge on any atom is 0.238 e. The molecule has 6 nitrogen and oxygen atoms in total. The number of hydrogen-bond donors (Lipinski definition) is 1. The van der Waals surface area contributed by atoms with Crippen LogP contribution in [0.15, 0.2) is 53.4 Å². The second kappa shape index (κ2) is 5.60. The number of carbonyl (C=O) groups excluding carboxylic acids is 1. The molecule has 3 rings (SSSR count). The highest BCUT2D eigenvalue weighted by Crippen LogP contribution is 2.17. The molecule has 0 aliphatic heterocycles. The van der Waals surface area contributed by atoms with Gasteiger partial charge in [-0.05, 0) is 43.3 Å². The van der Waals surface area contributed by atoms with Gasteiger partial charge in [0.2, 0.25) is 10.0 Å². The summed E-state index contributed by atoms with van der Waals surface area (Å²) in [7, 11) is -3.76. The number of aryl methyl sites for hydroxylation is 1. The summed E-state index contributed by atoms with van der Waals surface area (Å²) in [4.78, 5) is 16.8. The van der Waals surface area contributed by atoms with Crippen molar-refractivity contribution < 1.29 is 13.2 Å². The number of imidazole rings is 1. The normalized spacial score (nSPS) is 11.7. The molecule has 0 saturated carbocycles. The van der Waals surface area contributed by atoms with E-state index in [-0.39, 0.29) is 17.2 Å². The molecular formula is C16H15N3O3S. The monoisotopic (exact) mass is 329 g/mol. The largest absolute Gasteiger partial charge is 0.320 e. The van der Waals surface area contributed by atoms with Crippen LogP contribution in [0.2, 0.25) is 0 Å². The molecule has 0 saturated heterocycles. The maximum absolute atomic E-state index is 12.4. The molecule has 0 spiro atoms. The highest BCUT2D eigenvalue weighted by Gasteiger charge is 2.14. The van der Waals surface area contributed by atoms with Crippen molar-refractivity contribution in [1.29, 1.82) is 0 Å². The van der Waals surface area contributed by atoms with Crippen LogP contribution in [0.4, 0.5) is 0 Å². The Bertz CT molecular complexity index is 989. The van der Waals surface area contributed by atoms with E-state index in [0.717, 1.165) is 16.9 Å². The predicted octanol–water partition coefficient (Wildman–Crippen LogP) is 1.88. The quantitative estimate of drug-likeness (QED) is 0.739. The molecular weight excluding hydrogens is 314 g/mol. The van der Waals surface area contributed by atoms with E-state index in [2.05, 4.69) is 4.98 Å². The minimum atomic E-state index is -3.76. The molecule has 3 aromatic rings. The molecule has 0 aliphatic rings. The molecule has 0 amide bonds. The van der Waals surface area contributed by atoms with Gasteiger partial charge in [0.05, 0.1) is 22.5 Å². The van der Waals surface area contributed by atoms with Gasteiger partial charge in [0.1, 0.15) is 5.82 Å². The zero-order valence-electron chi connectivity index (χ0n) is 12.4. The lowest BCUT2D eigenvalue weighted by Gasteiger charge is -2.07. The summed E-state index contributed by atoms with van der Waals surface area (Å²) in [5.41, 5.74) is 2.15. The third kappa shape index (κ3) is 3.01. The van der Waals surface area contributed by atoms with Gasteiger partial charge in [-0.25, -0.2) is 18.5 Å². The molecule has 0 bridgehead atoms. The molecule has 2 N–H and O–H groups in total. The molecule has 0 atom stereocenters. The second-order valence-electron chi connectivity index (χ2n) is 5.23. The molecule has 1 aromatic heterocycles. The SMILES string of the molecule is Cc1nc2ccccc2n1CC(=O)c1ccc(S(N)(=O)=O)cc1. The lowest BCUT2D eigenvalue weighted by atomic mass is 10.1. The number of fused-ring (bicyclic) bond motifs is 1. The van der Waals surface area contributed by atoms with E-state index in [0.29, 0.717) is 5.56 Å². The summed E-state index contributed by atoms with van der Waals surface area (Å²) in [6, 6.07) is 13.2. The number of aromatic nitrogens is 2. The highest BCUT2D eigenvalue weighted by atomic mass is 32.2. The summed E-state index contributed by atoms with van der Waals surface area (Å²) in [6.07, 6.45) is 0. The average molecular weight is 329 g/mol. The van der Waals surface area contributed by atoms with Crippen LogP contribution in [-0.2, 0) is 16.6 Å². The first-order valence-corrected chi connectivity index (χ1v) is 8.49. The Kier molecular flexibility index (Phi) is 3.75. The second-order valence-corrected chi connectivity index (χ2v) is 6.79. The Hall–Kier alpha value is -2.51. The number of nitrogens with two attached hydrogens (primary N) is 1. The number of benzene rings is 2. The van der Waals surface area contributed by atoms with E-state index in [9.17, 15) is 13.2 Å². The maximum atomic E-state index is 12.4. The molecule has 23 heavy (non-hydrogen) atoms. The predicted molar refractivity (Wildman–Crippen MR) is 86.6 cm³/mol.